The molecule has 0 amide bonds. The van der Waals surface area contributed by atoms with Crippen LogP contribution in [0.5, 0.6) is 0 Å². The van der Waals surface area contributed by atoms with Gasteiger partial charge in [-0.15, -0.1) is 0 Å². The Labute approximate surface area is 120 Å². The highest BCUT2D eigenvalue weighted by Gasteiger charge is 2.20. The first-order valence-electron chi connectivity index (χ1n) is 7.90. The van der Waals surface area contributed by atoms with Crippen LogP contribution in [-0.2, 0) is 13.0 Å². The summed E-state index contributed by atoms with van der Waals surface area (Å²) in [5.74, 6) is 1.75. The maximum absolute atomic E-state index is 10.4. The van der Waals surface area contributed by atoms with Gasteiger partial charge in [-0.2, -0.15) is 0 Å². The van der Waals surface area contributed by atoms with E-state index in [2.05, 4.69) is 23.6 Å². The molecule has 3 rings (SSSR count). The molecule has 1 aliphatic carbocycles. The smallest absolute Gasteiger partial charge is 0.112 e. The number of imidazole rings is 1. The van der Waals surface area contributed by atoms with Crippen molar-refractivity contribution in [2.45, 2.75) is 58.1 Å². The third kappa shape index (κ3) is 2.73. The van der Waals surface area contributed by atoms with E-state index < -0.39 is 0 Å². The number of rotatable bonds is 5. The van der Waals surface area contributed by atoms with Crippen LogP contribution in [0.2, 0.25) is 0 Å². The Morgan fingerprint density at radius 3 is 2.80 bits per heavy atom. The monoisotopic (exact) mass is 272 g/mol. The summed E-state index contributed by atoms with van der Waals surface area (Å²) >= 11 is 0. The largest absolute Gasteiger partial charge is 0.393 e. The van der Waals surface area contributed by atoms with Gasteiger partial charge in [0.1, 0.15) is 5.82 Å². The molecule has 3 heteroatoms. The molecule has 0 saturated heterocycles. The Hall–Kier alpha value is -1.35. The molecule has 3 nitrogen and oxygen atoms in total. The second-order valence-corrected chi connectivity index (χ2v) is 6.01. The van der Waals surface area contributed by atoms with Gasteiger partial charge < -0.3 is 9.67 Å². The third-order valence-electron chi connectivity index (χ3n) is 4.55. The second kappa shape index (κ2) is 5.96. The van der Waals surface area contributed by atoms with Crippen molar-refractivity contribution in [1.82, 2.24) is 9.55 Å². The minimum atomic E-state index is -0.250. The molecule has 20 heavy (non-hydrogen) atoms. The number of fused-ring (bicyclic) bond motifs is 1. The van der Waals surface area contributed by atoms with Crippen molar-refractivity contribution in [3.8, 4) is 0 Å². The van der Waals surface area contributed by atoms with Gasteiger partial charge in [0.25, 0.3) is 0 Å². The summed E-state index contributed by atoms with van der Waals surface area (Å²) < 4.78 is 2.23. The maximum Gasteiger partial charge on any atom is 0.112 e. The van der Waals surface area contributed by atoms with E-state index >= 15 is 0 Å². The van der Waals surface area contributed by atoms with Crippen molar-refractivity contribution < 1.29 is 5.11 Å². The summed E-state index contributed by atoms with van der Waals surface area (Å²) in [5.41, 5.74) is 2.22. The normalized spacial score (nSPS) is 17.9. The van der Waals surface area contributed by atoms with E-state index in [9.17, 15) is 5.11 Å². The van der Waals surface area contributed by atoms with Gasteiger partial charge in [0.2, 0.25) is 0 Å². The number of aliphatic hydroxyl groups is 1. The van der Waals surface area contributed by atoms with Gasteiger partial charge in [-0.25, -0.2) is 4.98 Å². The van der Waals surface area contributed by atoms with Crippen LogP contribution in [0.4, 0.5) is 0 Å². The summed E-state index contributed by atoms with van der Waals surface area (Å²) in [6.07, 6.45) is 6.63. The number of hydrogen-bond acceptors (Lipinski definition) is 2. The van der Waals surface area contributed by atoms with E-state index in [1.54, 1.807) is 0 Å². The zero-order valence-electron chi connectivity index (χ0n) is 12.3. The predicted molar refractivity (Wildman–Crippen MR) is 81.7 cm³/mol. The molecule has 1 saturated carbocycles. The van der Waals surface area contributed by atoms with E-state index in [-0.39, 0.29) is 6.10 Å². The van der Waals surface area contributed by atoms with Crippen molar-refractivity contribution >= 4 is 11.0 Å². The molecule has 2 aromatic rings. The van der Waals surface area contributed by atoms with E-state index in [4.69, 9.17) is 4.98 Å². The molecular formula is C17H24N2O. The number of aromatic nitrogens is 2. The van der Waals surface area contributed by atoms with Crippen LogP contribution in [-0.4, -0.2) is 20.8 Å². The Morgan fingerprint density at radius 1 is 1.30 bits per heavy atom. The highest BCUT2D eigenvalue weighted by Crippen LogP contribution is 2.29. The number of aliphatic hydroxyl groups excluding tert-OH is 1. The van der Waals surface area contributed by atoms with E-state index in [1.165, 1.54) is 31.2 Å². The van der Waals surface area contributed by atoms with Crippen LogP contribution < -0.4 is 0 Å². The van der Waals surface area contributed by atoms with Gasteiger partial charge >= 0.3 is 0 Å². The van der Waals surface area contributed by atoms with Crippen molar-refractivity contribution in [3.05, 3.63) is 30.1 Å². The lowest BCUT2D eigenvalue weighted by atomic mass is 9.98. The van der Waals surface area contributed by atoms with Gasteiger partial charge in [-0.05, 0) is 31.4 Å². The first-order chi connectivity index (χ1) is 9.78. The number of nitrogens with zero attached hydrogens (tertiary/aromatic N) is 2. The Bertz CT molecular complexity index is 569. The van der Waals surface area contributed by atoms with Crippen molar-refractivity contribution in [1.29, 1.82) is 0 Å². The maximum atomic E-state index is 10.4. The van der Waals surface area contributed by atoms with Crippen LogP contribution in [0, 0.1) is 5.92 Å². The molecule has 108 valence electrons. The van der Waals surface area contributed by atoms with E-state index in [1.807, 2.05) is 12.1 Å². The van der Waals surface area contributed by atoms with Gasteiger partial charge in [0.05, 0.1) is 17.1 Å². The fourth-order valence-electron chi connectivity index (χ4n) is 3.56. The fourth-order valence-corrected chi connectivity index (χ4v) is 3.56. The summed E-state index contributed by atoms with van der Waals surface area (Å²) in [6, 6.07) is 8.23. The minimum absolute atomic E-state index is 0.250. The highest BCUT2D eigenvalue weighted by atomic mass is 16.3. The standard InChI is InChI=1S/C17H24N2O/c1-2-19-16-10-6-5-9-15(16)18-17(19)12-14(20)11-13-7-3-4-8-13/h5-6,9-10,13-14,20H,2-4,7-8,11-12H2,1H3. The second-order valence-electron chi connectivity index (χ2n) is 6.01. The third-order valence-corrected chi connectivity index (χ3v) is 4.55. The number of aryl methyl sites for hydroxylation is 1. The summed E-state index contributed by atoms with van der Waals surface area (Å²) in [5, 5.41) is 10.4. The number of para-hydroxylation sites is 2. The molecule has 0 aliphatic heterocycles. The van der Waals surface area contributed by atoms with Crippen LogP contribution in [0.1, 0.15) is 44.9 Å². The summed E-state index contributed by atoms with van der Waals surface area (Å²) in [7, 11) is 0. The van der Waals surface area contributed by atoms with Gasteiger partial charge in [-0.1, -0.05) is 37.8 Å². The first-order valence-corrected chi connectivity index (χ1v) is 7.90. The predicted octanol–water partition coefficient (Wildman–Crippen LogP) is 3.54. The average molecular weight is 272 g/mol. The van der Waals surface area contributed by atoms with E-state index in [0.717, 1.165) is 30.2 Å². The molecule has 0 bridgehead atoms. The molecule has 0 spiro atoms. The molecule has 1 aromatic heterocycles. The first kappa shape index (κ1) is 13.6. The lowest BCUT2D eigenvalue weighted by Gasteiger charge is -2.15. The fraction of sp³-hybridized carbons (Fsp3) is 0.588. The van der Waals surface area contributed by atoms with Crippen LogP contribution in [0.15, 0.2) is 24.3 Å². The molecule has 1 fully saturated rings. The lowest BCUT2D eigenvalue weighted by molar-refractivity contribution is 0.140. The average Bonchev–Trinajstić information content (AvgIpc) is 3.05. The molecule has 1 atom stereocenters. The van der Waals surface area contributed by atoms with Crippen LogP contribution in [0.25, 0.3) is 11.0 Å². The van der Waals surface area contributed by atoms with Crippen molar-refractivity contribution in [2.75, 3.05) is 0 Å². The molecular weight excluding hydrogens is 248 g/mol. The summed E-state index contributed by atoms with van der Waals surface area (Å²) in [4.78, 5) is 4.70. The highest BCUT2D eigenvalue weighted by molar-refractivity contribution is 5.75. The SMILES string of the molecule is CCn1c(CC(O)CC2CCCC2)nc2ccccc21. The van der Waals surface area contributed by atoms with Crippen molar-refractivity contribution in [3.63, 3.8) is 0 Å². The van der Waals surface area contributed by atoms with Crippen LogP contribution >= 0.6 is 0 Å². The topological polar surface area (TPSA) is 38.0 Å². The Balaban J connectivity index is 1.75. The molecule has 0 radical (unpaired) electrons. The number of hydrogen-bond donors (Lipinski definition) is 1. The molecule has 1 aliphatic rings. The zero-order valence-corrected chi connectivity index (χ0v) is 12.3. The molecule has 1 N–H and O–H groups in total. The molecule has 1 unspecified atom stereocenters. The van der Waals surface area contributed by atoms with Gasteiger partial charge in [0, 0.05) is 13.0 Å². The van der Waals surface area contributed by atoms with E-state index in [0.29, 0.717) is 6.42 Å². The number of benzene rings is 1. The van der Waals surface area contributed by atoms with Crippen molar-refractivity contribution in [2.24, 2.45) is 5.92 Å². The zero-order chi connectivity index (χ0) is 13.9. The molecule has 1 aromatic carbocycles. The van der Waals surface area contributed by atoms with Gasteiger partial charge in [0.15, 0.2) is 0 Å². The van der Waals surface area contributed by atoms with Crippen LogP contribution in [0.3, 0.4) is 0 Å². The quantitative estimate of drug-likeness (QED) is 0.904. The lowest BCUT2D eigenvalue weighted by Crippen LogP contribution is -2.17. The Kier molecular flexibility index (Phi) is 4.06. The minimum Gasteiger partial charge on any atom is -0.393 e. The summed E-state index contributed by atoms with van der Waals surface area (Å²) in [6.45, 7) is 3.05. The van der Waals surface area contributed by atoms with Gasteiger partial charge in [-0.3, -0.25) is 0 Å². The molecule has 1 heterocycles. The Morgan fingerprint density at radius 2 is 2.05 bits per heavy atom.